The van der Waals surface area contributed by atoms with Crippen molar-refractivity contribution in [2.45, 2.75) is 50.8 Å². The number of hydrogen-bond acceptors (Lipinski definition) is 5. The predicted octanol–water partition coefficient (Wildman–Crippen LogP) is 1.43. The highest BCUT2D eigenvalue weighted by Gasteiger charge is 2.33. The molecule has 8 nitrogen and oxygen atoms in total. The molecule has 9 heteroatoms. The van der Waals surface area contributed by atoms with E-state index in [0.717, 1.165) is 12.8 Å². The molecule has 1 saturated heterocycles. The van der Waals surface area contributed by atoms with E-state index >= 15 is 0 Å². The molecule has 0 bridgehead atoms. The van der Waals surface area contributed by atoms with Gasteiger partial charge in [0.2, 0.25) is 11.8 Å². The van der Waals surface area contributed by atoms with E-state index in [4.69, 9.17) is 4.74 Å². The maximum Gasteiger partial charge on any atom is 0.408 e. The van der Waals surface area contributed by atoms with E-state index in [0.29, 0.717) is 37.2 Å². The van der Waals surface area contributed by atoms with Crippen LogP contribution >= 0.6 is 0 Å². The molecule has 30 heavy (non-hydrogen) atoms. The molecule has 2 aliphatic rings. The highest BCUT2D eigenvalue weighted by molar-refractivity contribution is 5.88. The van der Waals surface area contributed by atoms with Crippen LogP contribution in [0.3, 0.4) is 0 Å². The SMILES string of the molecule is O=CC(CC1CCNC1=O)NC(=O)C(CC1CC1)NC(=O)OCc1cccc(F)c1. The second-order valence-corrected chi connectivity index (χ2v) is 7.85. The van der Waals surface area contributed by atoms with Gasteiger partial charge >= 0.3 is 6.09 Å². The molecule has 2 fully saturated rings. The fourth-order valence-electron chi connectivity index (χ4n) is 3.49. The molecule has 0 radical (unpaired) electrons. The minimum Gasteiger partial charge on any atom is -0.445 e. The van der Waals surface area contributed by atoms with Gasteiger partial charge in [0.15, 0.2) is 0 Å². The van der Waals surface area contributed by atoms with Crippen molar-refractivity contribution in [2.75, 3.05) is 6.54 Å². The molecule has 1 saturated carbocycles. The number of amides is 3. The quantitative estimate of drug-likeness (QED) is 0.497. The summed E-state index contributed by atoms with van der Waals surface area (Å²) in [6.45, 7) is 0.432. The lowest BCUT2D eigenvalue weighted by atomic mass is 9.98. The smallest absolute Gasteiger partial charge is 0.408 e. The van der Waals surface area contributed by atoms with E-state index in [2.05, 4.69) is 16.0 Å². The van der Waals surface area contributed by atoms with Crippen molar-refractivity contribution < 1.29 is 28.3 Å². The molecule has 1 heterocycles. The van der Waals surface area contributed by atoms with Crippen LogP contribution in [-0.4, -0.2) is 42.8 Å². The van der Waals surface area contributed by atoms with Crippen molar-refractivity contribution in [2.24, 2.45) is 11.8 Å². The molecule has 3 unspecified atom stereocenters. The van der Waals surface area contributed by atoms with E-state index in [-0.39, 0.29) is 24.9 Å². The average Bonchev–Trinajstić information content (AvgIpc) is 3.45. The average molecular weight is 419 g/mol. The topological polar surface area (TPSA) is 114 Å². The zero-order chi connectivity index (χ0) is 21.5. The summed E-state index contributed by atoms with van der Waals surface area (Å²) in [4.78, 5) is 48.0. The molecule has 1 aliphatic carbocycles. The molecule has 0 spiro atoms. The molecule has 162 valence electrons. The number of halogens is 1. The number of carbonyl (C=O) groups excluding carboxylic acids is 4. The number of alkyl carbamates (subject to hydrolysis) is 1. The molecule has 3 rings (SSSR count). The fourth-order valence-corrected chi connectivity index (χ4v) is 3.49. The number of nitrogens with one attached hydrogen (secondary N) is 3. The normalized spacial score (nSPS) is 20.0. The van der Waals surface area contributed by atoms with Crippen LogP contribution in [0.15, 0.2) is 24.3 Å². The van der Waals surface area contributed by atoms with E-state index in [9.17, 15) is 23.6 Å². The summed E-state index contributed by atoms with van der Waals surface area (Å²) in [7, 11) is 0. The minimum absolute atomic E-state index is 0.121. The van der Waals surface area contributed by atoms with Crippen molar-refractivity contribution in [3.05, 3.63) is 35.6 Å². The molecule has 1 aliphatic heterocycles. The van der Waals surface area contributed by atoms with Gasteiger partial charge in [-0.2, -0.15) is 0 Å². The third-order valence-corrected chi connectivity index (χ3v) is 5.33. The first kappa shape index (κ1) is 21.7. The summed E-state index contributed by atoms with van der Waals surface area (Å²) in [6, 6.07) is 4.03. The first-order valence-corrected chi connectivity index (χ1v) is 10.2. The lowest BCUT2D eigenvalue weighted by Gasteiger charge is -2.21. The van der Waals surface area contributed by atoms with Crippen LogP contribution in [0.5, 0.6) is 0 Å². The number of rotatable bonds is 10. The third kappa shape index (κ3) is 6.53. The van der Waals surface area contributed by atoms with E-state index in [1.807, 2.05) is 0 Å². The molecule has 3 amide bonds. The Balaban J connectivity index is 1.52. The van der Waals surface area contributed by atoms with Crippen molar-refractivity contribution >= 4 is 24.2 Å². The maximum absolute atomic E-state index is 13.2. The predicted molar refractivity (Wildman–Crippen MR) is 105 cm³/mol. The Bertz CT molecular complexity index is 799. The Hall–Kier alpha value is -2.97. The fraction of sp³-hybridized carbons (Fsp3) is 0.524. The number of benzene rings is 1. The molecule has 0 aromatic heterocycles. The zero-order valence-electron chi connectivity index (χ0n) is 16.6. The molecule has 3 N–H and O–H groups in total. The van der Waals surface area contributed by atoms with Gasteiger partial charge in [-0.3, -0.25) is 9.59 Å². The van der Waals surface area contributed by atoms with Gasteiger partial charge in [0.05, 0.1) is 6.04 Å². The second kappa shape index (κ2) is 10.2. The van der Waals surface area contributed by atoms with Gasteiger partial charge in [-0.25, -0.2) is 9.18 Å². The molecule has 1 aromatic carbocycles. The Kier molecular flexibility index (Phi) is 7.37. The van der Waals surface area contributed by atoms with Gasteiger partial charge in [0, 0.05) is 12.5 Å². The standard InChI is InChI=1S/C21H26FN3O5/c22-16-3-1-2-14(8-16)12-30-21(29)25-18(9-13-4-5-13)20(28)24-17(11-26)10-15-6-7-23-19(15)27/h1-3,8,11,13,15,17-18H,4-7,9-10,12H2,(H,23,27)(H,24,28)(H,25,29). The van der Waals surface area contributed by atoms with E-state index in [1.54, 1.807) is 6.07 Å². The minimum atomic E-state index is -0.850. The van der Waals surface area contributed by atoms with Crippen LogP contribution in [-0.2, 0) is 25.7 Å². The molecular formula is C21H26FN3O5. The summed E-state index contributed by atoms with van der Waals surface area (Å²) in [5.74, 6) is -1.02. The van der Waals surface area contributed by atoms with Crippen LogP contribution < -0.4 is 16.0 Å². The summed E-state index contributed by atoms with van der Waals surface area (Å²) in [5.41, 5.74) is 0.490. The number of ether oxygens (including phenoxy) is 1. The Morgan fingerprint density at radius 3 is 2.67 bits per heavy atom. The van der Waals surface area contributed by atoms with Gasteiger partial charge < -0.3 is 25.5 Å². The lowest BCUT2D eigenvalue weighted by molar-refractivity contribution is -0.127. The largest absolute Gasteiger partial charge is 0.445 e. The van der Waals surface area contributed by atoms with Crippen molar-refractivity contribution in [1.29, 1.82) is 0 Å². The van der Waals surface area contributed by atoms with Gasteiger partial charge in [-0.05, 0) is 42.9 Å². The van der Waals surface area contributed by atoms with Crippen molar-refractivity contribution in [3.8, 4) is 0 Å². The zero-order valence-corrected chi connectivity index (χ0v) is 16.6. The van der Waals surface area contributed by atoms with E-state index in [1.165, 1.54) is 18.2 Å². The highest BCUT2D eigenvalue weighted by Crippen LogP contribution is 2.33. The first-order chi connectivity index (χ1) is 14.4. The van der Waals surface area contributed by atoms with Gasteiger partial charge in [0.25, 0.3) is 0 Å². The molecular weight excluding hydrogens is 393 g/mol. The highest BCUT2D eigenvalue weighted by atomic mass is 19.1. The van der Waals surface area contributed by atoms with Crippen LogP contribution in [0.4, 0.5) is 9.18 Å². The van der Waals surface area contributed by atoms with Crippen LogP contribution in [0.2, 0.25) is 0 Å². The van der Waals surface area contributed by atoms with Crippen LogP contribution in [0.25, 0.3) is 0 Å². The number of hydrogen-bond donors (Lipinski definition) is 3. The van der Waals surface area contributed by atoms with Gasteiger partial charge in [-0.15, -0.1) is 0 Å². The summed E-state index contributed by atoms with van der Waals surface area (Å²) >= 11 is 0. The first-order valence-electron chi connectivity index (χ1n) is 10.2. The van der Waals surface area contributed by atoms with Gasteiger partial charge in [-0.1, -0.05) is 25.0 Å². The molecule has 3 atom stereocenters. The van der Waals surface area contributed by atoms with Crippen LogP contribution in [0.1, 0.15) is 37.7 Å². The monoisotopic (exact) mass is 419 g/mol. The summed E-state index contributed by atoms with van der Waals surface area (Å²) in [6.07, 6.45) is 3.05. The number of aldehydes is 1. The van der Waals surface area contributed by atoms with Gasteiger partial charge in [0.1, 0.15) is 24.8 Å². The Morgan fingerprint density at radius 1 is 1.23 bits per heavy atom. The Labute approximate surface area is 173 Å². The molecule has 1 aromatic rings. The van der Waals surface area contributed by atoms with Crippen LogP contribution in [0, 0.1) is 17.7 Å². The van der Waals surface area contributed by atoms with E-state index < -0.39 is 29.9 Å². The second-order valence-electron chi connectivity index (χ2n) is 7.85. The summed E-state index contributed by atoms with van der Waals surface area (Å²) in [5, 5.41) is 7.87. The lowest BCUT2D eigenvalue weighted by Crippen LogP contribution is -2.50. The maximum atomic E-state index is 13.2. The van der Waals surface area contributed by atoms with Crippen molar-refractivity contribution in [1.82, 2.24) is 16.0 Å². The number of carbonyl (C=O) groups is 4. The third-order valence-electron chi connectivity index (χ3n) is 5.33. The summed E-state index contributed by atoms with van der Waals surface area (Å²) < 4.78 is 18.3. The Morgan fingerprint density at radius 2 is 2.03 bits per heavy atom. The van der Waals surface area contributed by atoms with Crippen molar-refractivity contribution in [3.63, 3.8) is 0 Å².